The largest absolute Gasteiger partial charge is 0.497 e. The number of fused-ring (bicyclic) bond motifs is 1. The van der Waals surface area contributed by atoms with Crippen molar-refractivity contribution in [1.82, 2.24) is 9.80 Å². The van der Waals surface area contributed by atoms with Crippen LogP contribution in [-0.2, 0) is 13.0 Å². The Bertz CT molecular complexity index is 898. The van der Waals surface area contributed by atoms with Gasteiger partial charge < -0.3 is 24.8 Å². The van der Waals surface area contributed by atoms with Gasteiger partial charge in [-0.3, -0.25) is 0 Å². The molecule has 1 heterocycles. The molecule has 1 aliphatic rings. The van der Waals surface area contributed by atoms with Crippen LogP contribution in [-0.4, -0.2) is 61.3 Å². The Morgan fingerprint density at radius 2 is 1.82 bits per heavy atom. The van der Waals surface area contributed by atoms with Gasteiger partial charge in [-0.2, -0.15) is 0 Å². The molecule has 0 saturated heterocycles. The molecule has 186 valence electrons. The van der Waals surface area contributed by atoms with Crippen LogP contribution < -0.4 is 15.0 Å². The summed E-state index contributed by atoms with van der Waals surface area (Å²) in [7, 11) is 1.69. The topological polar surface area (TPSA) is 31.0 Å². The lowest BCUT2D eigenvalue weighted by molar-refractivity contribution is 0.281. The van der Waals surface area contributed by atoms with Gasteiger partial charge in [0.2, 0.25) is 0 Å². The van der Waals surface area contributed by atoms with Crippen LogP contribution in [0.5, 0.6) is 5.75 Å². The number of benzene rings is 2. The molecule has 0 aliphatic carbocycles. The molecule has 0 radical (unpaired) electrons. The quantitative estimate of drug-likeness (QED) is 0.386. The fraction of sp³-hybridized carbons (Fsp3) is 0.536. The van der Waals surface area contributed by atoms with E-state index in [1.165, 1.54) is 42.6 Å². The van der Waals surface area contributed by atoms with E-state index in [4.69, 9.17) is 17.0 Å². The number of rotatable bonds is 12. The summed E-state index contributed by atoms with van der Waals surface area (Å²) in [4.78, 5) is 7.33. The fourth-order valence-corrected chi connectivity index (χ4v) is 4.98. The van der Waals surface area contributed by atoms with Crippen LogP contribution in [0, 0.1) is 0 Å². The van der Waals surface area contributed by atoms with Crippen molar-refractivity contribution >= 4 is 28.7 Å². The molecule has 0 spiro atoms. The van der Waals surface area contributed by atoms with Gasteiger partial charge in [0, 0.05) is 37.6 Å². The van der Waals surface area contributed by atoms with Crippen LogP contribution in [0.2, 0.25) is 0 Å². The van der Waals surface area contributed by atoms with Gasteiger partial charge in [-0.05, 0) is 99.0 Å². The molecule has 0 saturated carbocycles. The smallest absolute Gasteiger partial charge is 0.173 e. The number of nitrogens with zero attached hydrogens (tertiary/aromatic N) is 3. The fourth-order valence-electron chi connectivity index (χ4n) is 4.70. The zero-order valence-electron chi connectivity index (χ0n) is 21.5. The molecule has 3 rings (SSSR count). The Morgan fingerprint density at radius 3 is 2.50 bits per heavy atom. The Labute approximate surface area is 212 Å². The maximum absolute atomic E-state index is 5.89. The summed E-state index contributed by atoms with van der Waals surface area (Å²) in [6.45, 7) is 14.0. The number of ether oxygens (including phenoxy) is 1. The van der Waals surface area contributed by atoms with Crippen molar-refractivity contribution in [1.29, 1.82) is 0 Å². The molecule has 0 amide bonds. The molecule has 2 aromatic carbocycles. The van der Waals surface area contributed by atoms with E-state index in [-0.39, 0.29) is 0 Å². The highest BCUT2D eigenvalue weighted by molar-refractivity contribution is 7.80. The standard InChI is InChI=1S/C28H42N4OS/c1-5-17-31-19-8-10-24-21-23(11-16-27(24)31)22-32(20-9-18-30(6-2)7-3)28(34)29-25-12-14-26(33-4)15-13-25/h11-16,21H,5-10,17-20,22H2,1-4H3,(H,29,34). The van der Waals surface area contributed by atoms with Gasteiger partial charge in [0.25, 0.3) is 0 Å². The molecular formula is C28H42N4OS. The van der Waals surface area contributed by atoms with Crippen molar-refractivity contribution in [2.45, 2.75) is 53.0 Å². The predicted octanol–water partition coefficient (Wildman–Crippen LogP) is 5.79. The van der Waals surface area contributed by atoms with Gasteiger partial charge in [-0.15, -0.1) is 0 Å². The summed E-state index contributed by atoms with van der Waals surface area (Å²) in [5.74, 6) is 0.846. The molecular weight excluding hydrogens is 440 g/mol. The maximum atomic E-state index is 5.89. The van der Waals surface area contributed by atoms with E-state index in [1.54, 1.807) is 7.11 Å². The van der Waals surface area contributed by atoms with Gasteiger partial charge >= 0.3 is 0 Å². The molecule has 0 aromatic heterocycles. The Balaban J connectivity index is 1.72. The minimum Gasteiger partial charge on any atom is -0.497 e. The van der Waals surface area contributed by atoms with E-state index >= 15 is 0 Å². The van der Waals surface area contributed by atoms with Gasteiger partial charge in [-0.1, -0.05) is 32.9 Å². The summed E-state index contributed by atoms with van der Waals surface area (Å²) in [6, 6.07) is 15.0. The number of methoxy groups -OCH3 is 1. The van der Waals surface area contributed by atoms with Gasteiger partial charge in [-0.25, -0.2) is 0 Å². The highest BCUT2D eigenvalue weighted by Crippen LogP contribution is 2.29. The van der Waals surface area contributed by atoms with Crippen LogP contribution in [0.15, 0.2) is 42.5 Å². The first-order valence-corrected chi connectivity index (χ1v) is 13.3. The molecule has 1 aliphatic heterocycles. The third-order valence-corrected chi connectivity index (χ3v) is 7.01. The minimum absolute atomic E-state index is 0.773. The average molecular weight is 483 g/mol. The van der Waals surface area contributed by atoms with Crippen molar-refractivity contribution in [3.63, 3.8) is 0 Å². The van der Waals surface area contributed by atoms with Crippen molar-refractivity contribution in [2.24, 2.45) is 0 Å². The minimum atomic E-state index is 0.773. The number of thiocarbonyl (C=S) groups is 1. The molecule has 1 N–H and O–H groups in total. The lowest BCUT2D eigenvalue weighted by atomic mass is 9.99. The maximum Gasteiger partial charge on any atom is 0.173 e. The second kappa shape index (κ2) is 13.5. The first-order valence-electron chi connectivity index (χ1n) is 12.9. The van der Waals surface area contributed by atoms with E-state index < -0.39 is 0 Å². The van der Waals surface area contributed by atoms with E-state index in [9.17, 15) is 0 Å². The van der Waals surface area contributed by atoms with E-state index in [1.807, 2.05) is 24.3 Å². The second-order valence-corrected chi connectivity index (χ2v) is 9.40. The summed E-state index contributed by atoms with van der Waals surface area (Å²) < 4.78 is 5.29. The van der Waals surface area contributed by atoms with Gasteiger partial charge in [0.05, 0.1) is 7.11 Å². The first-order chi connectivity index (χ1) is 16.6. The molecule has 0 unspecified atom stereocenters. The normalized spacial score (nSPS) is 13.0. The number of nitrogens with one attached hydrogen (secondary N) is 1. The molecule has 0 fully saturated rings. The monoisotopic (exact) mass is 482 g/mol. The molecule has 6 heteroatoms. The number of hydrogen-bond donors (Lipinski definition) is 1. The third kappa shape index (κ3) is 7.34. The van der Waals surface area contributed by atoms with Crippen molar-refractivity contribution in [3.05, 3.63) is 53.6 Å². The first kappa shape index (κ1) is 26.3. The summed E-state index contributed by atoms with van der Waals surface area (Å²) >= 11 is 5.89. The molecule has 34 heavy (non-hydrogen) atoms. The van der Waals surface area contributed by atoms with E-state index in [0.29, 0.717) is 0 Å². The lowest BCUT2D eigenvalue weighted by Gasteiger charge is -2.32. The molecule has 0 bridgehead atoms. The average Bonchev–Trinajstić information content (AvgIpc) is 2.86. The summed E-state index contributed by atoms with van der Waals surface area (Å²) in [6.07, 6.45) is 4.68. The lowest BCUT2D eigenvalue weighted by Crippen LogP contribution is -2.37. The van der Waals surface area contributed by atoms with Crippen LogP contribution in [0.4, 0.5) is 11.4 Å². The molecule has 5 nitrogen and oxygen atoms in total. The number of anilines is 2. The second-order valence-electron chi connectivity index (χ2n) is 9.01. The van der Waals surface area contributed by atoms with E-state index in [2.05, 4.69) is 59.0 Å². The molecule has 0 atom stereocenters. The summed E-state index contributed by atoms with van der Waals surface area (Å²) in [5, 5.41) is 4.22. The third-order valence-electron chi connectivity index (χ3n) is 6.65. The van der Waals surface area contributed by atoms with Crippen molar-refractivity contribution < 1.29 is 4.74 Å². The van der Waals surface area contributed by atoms with Crippen LogP contribution >= 0.6 is 12.2 Å². The number of hydrogen-bond acceptors (Lipinski definition) is 4. The number of aryl methyl sites for hydroxylation is 1. The highest BCUT2D eigenvalue weighted by Gasteiger charge is 2.18. The van der Waals surface area contributed by atoms with Crippen LogP contribution in [0.1, 0.15) is 51.2 Å². The zero-order chi connectivity index (χ0) is 24.3. The Hall–Kier alpha value is -2.31. The Kier molecular flexibility index (Phi) is 10.5. The van der Waals surface area contributed by atoms with Gasteiger partial charge in [0.1, 0.15) is 5.75 Å². The Morgan fingerprint density at radius 1 is 1.06 bits per heavy atom. The van der Waals surface area contributed by atoms with Crippen molar-refractivity contribution in [3.8, 4) is 5.75 Å². The van der Waals surface area contributed by atoms with E-state index in [0.717, 1.165) is 62.2 Å². The predicted molar refractivity (Wildman–Crippen MR) is 149 cm³/mol. The van der Waals surface area contributed by atoms with Gasteiger partial charge in [0.15, 0.2) is 5.11 Å². The highest BCUT2D eigenvalue weighted by atomic mass is 32.1. The SMILES string of the molecule is CCCN1CCCc2cc(CN(CCCN(CC)CC)C(=S)Nc3ccc(OC)cc3)ccc21. The molecule has 2 aromatic rings. The van der Waals surface area contributed by atoms with Crippen LogP contribution in [0.25, 0.3) is 0 Å². The van der Waals surface area contributed by atoms with Crippen molar-refractivity contribution in [2.75, 3.05) is 56.6 Å². The zero-order valence-corrected chi connectivity index (χ0v) is 22.3. The summed E-state index contributed by atoms with van der Waals surface area (Å²) in [5.41, 5.74) is 5.22. The van der Waals surface area contributed by atoms with Crippen LogP contribution in [0.3, 0.4) is 0 Å².